The Kier molecular flexibility index (Phi) is 12.2. The number of nitrogens with one attached hydrogen (secondary N) is 1. The standard InChI is InChI=1S/C30H43BrClFIN3O5Si/c1-29(2,3)42-28(39)37-12-9-19(17-20(37)10-13-41-43(7,8)30(4,5)6)35-25-21-15-18(34)16-22(33)24(21)36-26(32)23(25)27(38)40-14-11-31/h15-16,19-20H,9-14,17H2,1-8H3,(H,35,36)/t19-,20+/m0/s1. The summed E-state index contributed by atoms with van der Waals surface area (Å²) in [6.45, 7) is 17.6. The number of rotatable bonds is 9. The molecule has 0 radical (unpaired) electrons. The Morgan fingerprint density at radius 2 is 1.88 bits per heavy atom. The molecule has 1 aromatic carbocycles. The Hall–Kier alpha value is -1.22. The van der Waals surface area contributed by atoms with Crippen LogP contribution in [0.5, 0.6) is 0 Å². The largest absolute Gasteiger partial charge is 0.461 e. The van der Waals surface area contributed by atoms with Gasteiger partial charge in [0.25, 0.3) is 0 Å². The molecule has 1 fully saturated rings. The van der Waals surface area contributed by atoms with Gasteiger partial charge in [-0.25, -0.2) is 19.0 Å². The summed E-state index contributed by atoms with van der Waals surface area (Å²) in [7, 11) is -2.00. The molecule has 0 bridgehead atoms. The normalized spacial score (nSPS) is 18.1. The van der Waals surface area contributed by atoms with Crippen molar-refractivity contribution >= 4 is 87.1 Å². The fourth-order valence-electron chi connectivity index (χ4n) is 4.69. The van der Waals surface area contributed by atoms with Crippen molar-refractivity contribution in [1.29, 1.82) is 0 Å². The van der Waals surface area contributed by atoms with Gasteiger partial charge in [0.15, 0.2) is 14.1 Å². The number of carbonyl (C=O) groups excluding carboxylic acids is 2. The first kappa shape index (κ1) is 36.2. The van der Waals surface area contributed by atoms with Crippen LogP contribution in [0.15, 0.2) is 12.1 Å². The number of esters is 1. The SMILES string of the molecule is CC(C)(C)OC(=O)N1CC[C@H](Nc2c(C(=O)OCCBr)c(Cl)nc3c(F)cc(I)cc23)C[C@H]1CCO[Si](C)(C)C(C)(C)C. The lowest BCUT2D eigenvalue weighted by atomic mass is 9.94. The van der Waals surface area contributed by atoms with Crippen LogP contribution >= 0.6 is 50.1 Å². The van der Waals surface area contributed by atoms with Crippen molar-refractivity contribution in [2.75, 3.05) is 30.4 Å². The van der Waals surface area contributed by atoms with Crippen LogP contribution in [0.4, 0.5) is 14.9 Å². The number of hydrogen-bond donors (Lipinski definition) is 1. The monoisotopic (exact) mass is 813 g/mol. The minimum Gasteiger partial charge on any atom is -0.461 e. The maximum absolute atomic E-state index is 15.0. The predicted octanol–water partition coefficient (Wildman–Crippen LogP) is 8.78. The molecule has 1 saturated heterocycles. The van der Waals surface area contributed by atoms with Gasteiger partial charge in [-0.15, -0.1) is 0 Å². The van der Waals surface area contributed by atoms with Gasteiger partial charge in [0.2, 0.25) is 0 Å². The van der Waals surface area contributed by atoms with E-state index in [1.165, 1.54) is 6.07 Å². The fraction of sp³-hybridized carbons (Fsp3) is 0.633. The number of nitrogens with zero attached hydrogens (tertiary/aromatic N) is 2. The van der Waals surface area contributed by atoms with Gasteiger partial charge in [0, 0.05) is 39.5 Å². The molecule has 2 aromatic rings. The van der Waals surface area contributed by atoms with Gasteiger partial charge in [0.05, 0.1) is 5.69 Å². The van der Waals surface area contributed by atoms with Crippen LogP contribution in [0.2, 0.25) is 23.3 Å². The number of alkyl halides is 1. The van der Waals surface area contributed by atoms with Gasteiger partial charge in [-0.3, -0.25) is 0 Å². The molecule has 1 aromatic heterocycles. The molecule has 0 aliphatic carbocycles. The lowest BCUT2D eigenvalue weighted by molar-refractivity contribution is 0.00624. The molecule has 240 valence electrons. The zero-order valence-corrected chi connectivity index (χ0v) is 31.7. The molecular weight excluding hydrogens is 772 g/mol. The maximum Gasteiger partial charge on any atom is 0.410 e. The molecule has 2 heterocycles. The van der Waals surface area contributed by atoms with Crippen LogP contribution in [-0.2, 0) is 13.9 Å². The number of ether oxygens (including phenoxy) is 2. The number of pyridine rings is 1. The molecule has 1 N–H and O–H groups in total. The molecule has 0 unspecified atom stereocenters. The summed E-state index contributed by atoms with van der Waals surface area (Å²) in [6.07, 6.45) is 1.39. The van der Waals surface area contributed by atoms with E-state index >= 15 is 4.39 Å². The van der Waals surface area contributed by atoms with E-state index in [1.54, 1.807) is 11.0 Å². The first-order valence-corrected chi connectivity index (χ1v) is 19.9. The van der Waals surface area contributed by atoms with E-state index in [-0.39, 0.29) is 46.1 Å². The number of piperidine rings is 1. The van der Waals surface area contributed by atoms with Crippen molar-refractivity contribution < 1.29 is 27.9 Å². The van der Waals surface area contributed by atoms with Gasteiger partial charge in [-0.2, -0.15) is 0 Å². The number of aromatic nitrogens is 1. The van der Waals surface area contributed by atoms with E-state index in [0.29, 0.717) is 52.4 Å². The summed E-state index contributed by atoms with van der Waals surface area (Å²) in [6, 6.07) is 2.79. The van der Waals surface area contributed by atoms with Crippen molar-refractivity contribution in [3.63, 3.8) is 0 Å². The molecule has 2 atom stereocenters. The summed E-state index contributed by atoms with van der Waals surface area (Å²) >= 11 is 11.8. The molecule has 8 nitrogen and oxygen atoms in total. The third kappa shape index (κ3) is 9.40. The molecule has 1 aliphatic rings. The van der Waals surface area contributed by atoms with Crippen molar-refractivity contribution in [1.82, 2.24) is 9.88 Å². The highest BCUT2D eigenvalue weighted by Crippen LogP contribution is 2.38. The van der Waals surface area contributed by atoms with Crippen molar-refractivity contribution in [3.05, 3.63) is 32.2 Å². The summed E-state index contributed by atoms with van der Waals surface area (Å²) in [5.74, 6) is -1.18. The van der Waals surface area contributed by atoms with E-state index < -0.39 is 25.7 Å². The van der Waals surface area contributed by atoms with Crippen molar-refractivity contribution in [2.45, 2.75) is 96.6 Å². The Labute approximate surface area is 282 Å². The van der Waals surface area contributed by atoms with Gasteiger partial charge in [-0.1, -0.05) is 48.3 Å². The summed E-state index contributed by atoms with van der Waals surface area (Å²) in [4.78, 5) is 32.4. The van der Waals surface area contributed by atoms with E-state index in [4.69, 9.17) is 25.5 Å². The zero-order valence-electron chi connectivity index (χ0n) is 26.2. The first-order chi connectivity index (χ1) is 19.8. The van der Waals surface area contributed by atoms with Crippen LogP contribution < -0.4 is 5.32 Å². The molecule has 1 aliphatic heterocycles. The highest BCUT2D eigenvalue weighted by Gasteiger charge is 2.39. The maximum atomic E-state index is 15.0. The number of hydrogen-bond acceptors (Lipinski definition) is 7. The summed E-state index contributed by atoms with van der Waals surface area (Å²) in [5.41, 5.74) is -0.134. The lowest BCUT2D eigenvalue weighted by Crippen LogP contribution is -2.51. The fourth-order valence-corrected chi connectivity index (χ4v) is 6.75. The number of carbonyl (C=O) groups is 2. The van der Waals surface area contributed by atoms with Crippen LogP contribution in [0.25, 0.3) is 10.9 Å². The predicted molar refractivity (Wildman–Crippen MR) is 185 cm³/mol. The zero-order chi connectivity index (χ0) is 32.3. The second kappa shape index (κ2) is 14.5. The molecule has 0 spiro atoms. The minimum absolute atomic E-state index is 0.0583. The molecule has 13 heteroatoms. The lowest BCUT2D eigenvalue weighted by Gasteiger charge is -2.42. The third-order valence-electron chi connectivity index (χ3n) is 7.89. The topological polar surface area (TPSA) is 90.0 Å². The number of benzene rings is 1. The Balaban J connectivity index is 1.96. The minimum atomic E-state index is -2.00. The first-order valence-electron chi connectivity index (χ1n) is 14.5. The Bertz CT molecular complexity index is 1340. The second-order valence-electron chi connectivity index (χ2n) is 13.4. The molecule has 43 heavy (non-hydrogen) atoms. The molecular formula is C30H43BrClFIN3O5Si. The Morgan fingerprint density at radius 1 is 1.21 bits per heavy atom. The van der Waals surface area contributed by atoms with Gasteiger partial charge >= 0.3 is 12.1 Å². The number of fused-ring (bicyclic) bond motifs is 1. The van der Waals surface area contributed by atoms with Crippen molar-refractivity contribution in [2.24, 2.45) is 0 Å². The van der Waals surface area contributed by atoms with Crippen LogP contribution in [0, 0.1) is 9.39 Å². The summed E-state index contributed by atoms with van der Waals surface area (Å²) < 4.78 is 33.3. The third-order valence-corrected chi connectivity index (χ3v) is 13.6. The van der Waals surface area contributed by atoms with E-state index in [1.807, 2.05) is 43.4 Å². The highest BCUT2D eigenvalue weighted by atomic mass is 127. The number of likely N-dealkylation sites (tertiary alicyclic amines) is 1. The van der Waals surface area contributed by atoms with E-state index in [0.717, 1.165) is 0 Å². The molecule has 0 saturated carbocycles. The smallest absolute Gasteiger partial charge is 0.410 e. The number of halogens is 4. The van der Waals surface area contributed by atoms with Gasteiger partial charge in [0.1, 0.15) is 28.4 Å². The van der Waals surface area contributed by atoms with Gasteiger partial charge in [-0.05, 0) is 92.9 Å². The average molecular weight is 815 g/mol. The van der Waals surface area contributed by atoms with E-state index in [9.17, 15) is 9.59 Å². The average Bonchev–Trinajstić information content (AvgIpc) is 2.86. The second-order valence-corrected chi connectivity index (χ2v) is 20.6. The molecule has 1 amide bonds. The quantitative estimate of drug-likeness (QED) is 0.0891. The highest BCUT2D eigenvalue weighted by molar-refractivity contribution is 14.1. The van der Waals surface area contributed by atoms with Gasteiger partial charge < -0.3 is 24.1 Å². The van der Waals surface area contributed by atoms with Crippen LogP contribution in [0.1, 0.15) is 71.2 Å². The van der Waals surface area contributed by atoms with E-state index in [2.05, 4.69) is 60.1 Å². The summed E-state index contributed by atoms with van der Waals surface area (Å²) in [5, 5.41) is 4.31. The van der Waals surface area contributed by atoms with Crippen molar-refractivity contribution in [3.8, 4) is 0 Å². The number of amides is 1. The number of anilines is 1. The van der Waals surface area contributed by atoms with Crippen LogP contribution in [0.3, 0.4) is 0 Å². The van der Waals surface area contributed by atoms with Crippen LogP contribution in [-0.4, -0.2) is 73.0 Å². The molecule has 3 rings (SSSR count). The Morgan fingerprint density at radius 3 is 2.49 bits per heavy atom.